The molecule has 174 valence electrons. The van der Waals surface area contributed by atoms with Crippen molar-refractivity contribution in [3.05, 3.63) is 29.5 Å². The van der Waals surface area contributed by atoms with Gasteiger partial charge in [0, 0.05) is 13.1 Å². The van der Waals surface area contributed by atoms with E-state index in [1.54, 1.807) is 32.0 Å². The smallest absolute Gasteiger partial charge is 0.331 e. The molecule has 32 heavy (non-hydrogen) atoms. The molecular weight excluding hydrogens is 420 g/mol. The van der Waals surface area contributed by atoms with Crippen molar-refractivity contribution in [2.75, 3.05) is 40.5 Å². The van der Waals surface area contributed by atoms with Crippen molar-refractivity contribution in [2.24, 2.45) is 0 Å². The molecular formula is C22H28N2O8. The van der Waals surface area contributed by atoms with Gasteiger partial charge in [-0.3, -0.25) is 24.2 Å². The van der Waals surface area contributed by atoms with Crippen LogP contribution in [0.15, 0.2) is 23.9 Å². The molecule has 1 fully saturated rings. The lowest BCUT2D eigenvalue weighted by Gasteiger charge is -2.16. The molecule has 0 aromatic heterocycles. The lowest BCUT2D eigenvalue weighted by Crippen LogP contribution is -2.35. The SMILES string of the molecule is CCOC(=O)CCN1C(=O)/C(=C\c2ccc(OC)c(OC)c2)N(CCC(=O)OCC)C1=O. The van der Waals surface area contributed by atoms with Crippen molar-refractivity contribution in [2.45, 2.75) is 26.7 Å². The van der Waals surface area contributed by atoms with Gasteiger partial charge < -0.3 is 18.9 Å². The van der Waals surface area contributed by atoms with Gasteiger partial charge in [0.1, 0.15) is 5.70 Å². The molecule has 1 aliphatic heterocycles. The van der Waals surface area contributed by atoms with Crippen LogP contribution in [0.25, 0.3) is 6.08 Å². The quantitative estimate of drug-likeness (QED) is 0.288. The minimum Gasteiger partial charge on any atom is -0.493 e. The standard InChI is InChI=1S/C22H28N2O8/c1-5-31-19(25)9-11-23-16(13-15-7-8-17(29-3)18(14-15)30-4)21(27)24(22(23)28)12-10-20(26)32-6-2/h7-8,13-14H,5-6,9-12H2,1-4H3/b16-13+. The van der Waals surface area contributed by atoms with Gasteiger partial charge in [-0.1, -0.05) is 6.07 Å². The summed E-state index contributed by atoms with van der Waals surface area (Å²) >= 11 is 0. The second-order valence-corrected chi connectivity index (χ2v) is 6.65. The van der Waals surface area contributed by atoms with E-state index < -0.39 is 23.9 Å². The molecule has 1 aromatic carbocycles. The molecule has 0 aliphatic carbocycles. The maximum absolute atomic E-state index is 13.0. The summed E-state index contributed by atoms with van der Waals surface area (Å²) in [4.78, 5) is 51.6. The molecule has 3 amide bonds. The number of benzene rings is 1. The maximum atomic E-state index is 13.0. The molecule has 0 unspecified atom stereocenters. The minimum absolute atomic E-state index is 0.0432. The Morgan fingerprint density at radius 2 is 1.44 bits per heavy atom. The van der Waals surface area contributed by atoms with E-state index in [9.17, 15) is 19.2 Å². The monoisotopic (exact) mass is 448 g/mol. The van der Waals surface area contributed by atoms with Gasteiger partial charge in [-0.25, -0.2) is 4.79 Å². The van der Waals surface area contributed by atoms with Crippen LogP contribution >= 0.6 is 0 Å². The van der Waals surface area contributed by atoms with Crippen molar-refractivity contribution in [3.8, 4) is 11.5 Å². The van der Waals surface area contributed by atoms with Crippen LogP contribution in [0.5, 0.6) is 11.5 Å². The van der Waals surface area contributed by atoms with Gasteiger partial charge in [0.25, 0.3) is 5.91 Å². The number of imide groups is 1. The number of hydrogen-bond donors (Lipinski definition) is 0. The van der Waals surface area contributed by atoms with Gasteiger partial charge in [0.2, 0.25) is 0 Å². The van der Waals surface area contributed by atoms with Crippen LogP contribution in [0.1, 0.15) is 32.3 Å². The maximum Gasteiger partial charge on any atom is 0.331 e. The number of carbonyl (C=O) groups is 4. The summed E-state index contributed by atoms with van der Waals surface area (Å²) in [5, 5.41) is 0. The van der Waals surface area contributed by atoms with Crippen molar-refractivity contribution >= 4 is 30.0 Å². The highest BCUT2D eigenvalue weighted by Crippen LogP contribution is 2.30. The van der Waals surface area contributed by atoms with Crippen LogP contribution in [-0.4, -0.2) is 74.2 Å². The van der Waals surface area contributed by atoms with Gasteiger partial charge in [0.15, 0.2) is 11.5 Å². The average Bonchev–Trinajstić information content (AvgIpc) is 2.99. The topological polar surface area (TPSA) is 112 Å². The van der Waals surface area contributed by atoms with E-state index in [0.29, 0.717) is 17.1 Å². The Hall–Kier alpha value is -3.56. The van der Waals surface area contributed by atoms with Crippen molar-refractivity contribution < 1.29 is 38.1 Å². The zero-order valence-electron chi connectivity index (χ0n) is 18.7. The Balaban J connectivity index is 2.33. The Labute approximate surface area is 186 Å². The molecule has 0 atom stereocenters. The van der Waals surface area contributed by atoms with E-state index in [-0.39, 0.29) is 44.8 Å². The first kappa shape index (κ1) is 24.7. The molecule has 1 heterocycles. The average molecular weight is 448 g/mol. The molecule has 0 radical (unpaired) electrons. The Morgan fingerprint density at radius 3 is 1.97 bits per heavy atom. The molecule has 0 N–H and O–H groups in total. The van der Waals surface area contributed by atoms with Gasteiger partial charge in [-0.15, -0.1) is 0 Å². The molecule has 10 heteroatoms. The number of ether oxygens (including phenoxy) is 4. The molecule has 1 aromatic rings. The molecule has 0 bridgehead atoms. The summed E-state index contributed by atoms with van der Waals surface area (Å²) in [7, 11) is 3.00. The summed E-state index contributed by atoms with van der Waals surface area (Å²) in [6.45, 7) is 3.60. The molecule has 1 aliphatic rings. The predicted molar refractivity (Wildman–Crippen MR) is 114 cm³/mol. The van der Waals surface area contributed by atoms with Gasteiger partial charge in [0.05, 0.1) is 40.3 Å². The third-order valence-corrected chi connectivity index (χ3v) is 4.62. The second-order valence-electron chi connectivity index (χ2n) is 6.65. The summed E-state index contributed by atoms with van der Waals surface area (Å²) in [6, 6.07) is 4.43. The van der Waals surface area contributed by atoms with Crippen LogP contribution in [0.3, 0.4) is 0 Å². The van der Waals surface area contributed by atoms with Crippen LogP contribution in [-0.2, 0) is 23.9 Å². The number of nitrogens with zero attached hydrogens (tertiary/aromatic N) is 2. The van der Waals surface area contributed by atoms with Gasteiger partial charge in [-0.05, 0) is 37.6 Å². The van der Waals surface area contributed by atoms with Crippen molar-refractivity contribution in [1.82, 2.24) is 9.80 Å². The zero-order valence-corrected chi connectivity index (χ0v) is 18.7. The highest BCUT2D eigenvalue weighted by molar-refractivity contribution is 6.14. The fraction of sp³-hybridized carbons (Fsp3) is 0.455. The van der Waals surface area contributed by atoms with Gasteiger partial charge in [-0.2, -0.15) is 0 Å². The fourth-order valence-corrected chi connectivity index (χ4v) is 3.12. The normalized spacial score (nSPS) is 14.7. The van der Waals surface area contributed by atoms with E-state index in [0.717, 1.165) is 4.90 Å². The number of urea groups is 1. The van der Waals surface area contributed by atoms with Gasteiger partial charge >= 0.3 is 18.0 Å². The number of hydrogen-bond acceptors (Lipinski definition) is 8. The Morgan fingerprint density at radius 1 is 0.875 bits per heavy atom. The Kier molecular flexibility index (Phi) is 9.06. The third-order valence-electron chi connectivity index (χ3n) is 4.62. The summed E-state index contributed by atoms with van der Waals surface area (Å²) in [5.41, 5.74) is 0.669. The first-order valence-corrected chi connectivity index (χ1v) is 10.2. The summed E-state index contributed by atoms with van der Waals surface area (Å²) in [5.74, 6) is -0.598. The third kappa shape index (κ3) is 5.99. The minimum atomic E-state index is -0.615. The number of esters is 2. The highest BCUT2D eigenvalue weighted by atomic mass is 16.5. The number of rotatable bonds is 11. The zero-order chi connectivity index (χ0) is 23.7. The summed E-state index contributed by atoms with van der Waals surface area (Å²) in [6.07, 6.45) is 1.32. The van der Waals surface area contributed by atoms with E-state index in [1.807, 2.05) is 0 Å². The highest BCUT2D eigenvalue weighted by Gasteiger charge is 2.41. The lowest BCUT2D eigenvalue weighted by atomic mass is 10.1. The van der Waals surface area contributed by atoms with Crippen molar-refractivity contribution in [3.63, 3.8) is 0 Å². The predicted octanol–water partition coefficient (Wildman–Crippen LogP) is 2.22. The largest absolute Gasteiger partial charge is 0.493 e. The molecule has 1 saturated heterocycles. The fourth-order valence-electron chi connectivity index (χ4n) is 3.12. The van der Waals surface area contributed by atoms with Crippen LogP contribution in [0.4, 0.5) is 4.79 Å². The molecule has 0 spiro atoms. The number of amides is 3. The van der Waals surface area contributed by atoms with Crippen LogP contribution < -0.4 is 9.47 Å². The number of carbonyl (C=O) groups excluding carboxylic acids is 4. The van der Waals surface area contributed by atoms with E-state index in [4.69, 9.17) is 18.9 Å². The van der Waals surface area contributed by atoms with E-state index in [2.05, 4.69) is 0 Å². The van der Waals surface area contributed by atoms with Crippen molar-refractivity contribution in [1.29, 1.82) is 0 Å². The summed E-state index contributed by atoms with van der Waals surface area (Å²) < 4.78 is 20.3. The second kappa shape index (κ2) is 11.7. The molecule has 10 nitrogen and oxygen atoms in total. The van der Waals surface area contributed by atoms with Crippen LogP contribution in [0.2, 0.25) is 0 Å². The molecule has 2 rings (SSSR count). The van der Waals surface area contributed by atoms with E-state index >= 15 is 0 Å². The number of methoxy groups -OCH3 is 2. The van der Waals surface area contributed by atoms with Crippen LogP contribution in [0, 0.1) is 0 Å². The Bertz CT molecular complexity index is 896. The first-order chi connectivity index (χ1) is 15.4. The lowest BCUT2D eigenvalue weighted by molar-refractivity contribution is -0.144. The first-order valence-electron chi connectivity index (χ1n) is 10.2. The van der Waals surface area contributed by atoms with E-state index in [1.165, 1.54) is 25.2 Å². The molecule has 0 saturated carbocycles.